The van der Waals surface area contributed by atoms with Crippen molar-refractivity contribution in [2.75, 3.05) is 5.73 Å². The molecule has 0 amide bonds. The Kier molecular flexibility index (Phi) is 4.73. The highest BCUT2D eigenvalue weighted by atomic mass is 35.5. The Labute approximate surface area is 140 Å². The van der Waals surface area contributed by atoms with Crippen LogP contribution < -0.4 is 5.73 Å². The van der Waals surface area contributed by atoms with Crippen molar-refractivity contribution in [1.29, 1.82) is 0 Å². The van der Waals surface area contributed by atoms with Crippen molar-refractivity contribution >= 4 is 69.5 Å². The summed E-state index contributed by atoms with van der Waals surface area (Å²) in [5.41, 5.74) is 6.33. The molecule has 0 unspecified atom stereocenters. The van der Waals surface area contributed by atoms with E-state index in [-0.39, 0.29) is 31.3 Å². The van der Waals surface area contributed by atoms with Crippen molar-refractivity contribution < 1.29 is 4.79 Å². The van der Waals surface area contributed by atoms with Gasteiger partial charge in [-0.1, -0.05) is 58.0 Å². The van der Waals surface area contributed by atoms with Crippen LogP contribution in [0.2, 0.25) is 25.1 Å². The van der Waals surface area contributed by atoms with Gasteiger partial charge in [0.15, 0.2) is 5.78 Å². The Bertz CT molecular complexity index is 714. The molecule has 0 aliphatic carbocycles. The van der Waals surface area contributed by atoms with E-state index in [0.29, 0.717) is 10.6 Å². The van der Waals surface area contributed by atoms with E-state index in [9.17, 15) is 4.79 Å². The van der Waals surface area contributed by atoms with Crippen LogP contribution in [0.4, 0.5) is 5.69 Å². The van der Waals surface area contributed by atoms with Gasteiger partial charge in [0.1, 0.15) is 0 Å². The van der Waals surface area contributed by atoms with Crippen LogP contribution in [0.3, 0.4) is 0 Å². The minimum atomic E-state index is -0.415. The number of benzene rings is 2. The lowest BCUT2D eigenvalue weighted by atomic mass is 10.0. The molecule has 0 saturated heterocycles. The summed E-state index contributed by atoms with van der Waals surface area (Å²) in [7, 11) is 0. The molecule has 0 atom stereocenters. The van der Waals surface area contributed by atoms with Gasteiger partial charge in [0.2, 0.25) is 0 Å². The minimum absolute atomic E-state index is 0.00249. The standard InChI is InChI=1S/C13H6Cl5NO/c14-6-2-1-5(3-9(6)19)13(20)10-7(15)4-8(16)11(17)12(10)18/h1-4H,19H2. The van der Waals surface area contributed by atoms with Crippen LogP contribution in [0.25, 0.3) is 0 Å². The van der Waals surface area contributed by atoms with Crippen molar-refractivity contribution in [3.05, 3.63) is 60.5 Å². The second-order valence-electron chi connectivity index (χ2n) is 3.91. The van der Waals surface area contributed by atoms with Crippen LogP contribution in [0.15, 0.2) is 24.3 Å². The summed E-state index contributed by atoms with van der Waals surface area (Å²) in [4.78, 5) is 12.4. The zero-order valence-electron chi connectivity index (χ0n) is 9.68. The van der Waals surface area contributed by atoms with E-state index in [0.717, 1.165) is 0 Å². The van der Waals surface area contributed by atoms with Gasteiger partial charge in [-0.2, -0.15) is 0 Å². The van der Waals surface area contributed by atoms with Crippen LogP contribution in [0.5, 0.6) is 0 Å². The number of carbonyl (C=O) groups excluding carboxylic acids is 1. The Morgan fingerprint density at radius 2 is 1.50 bits per heavy atom. The molecule has 0 spiro atoms. The Morgan fingerprint density at radius 1 is 0.850 bits per heavy atom. The third-order valence-electron chi connectivity index (χ3n) is 2.60. The van der Waals surface area contributed by atoms with E-state index in [2.05, 4.69) is 0 Å². The highest BCUT2D eigenvalue weighted by Crippen LogP contribution is 2.38. The number of rotatable bonds is 2. The molecule has 0 heterocycles. The third kappa shape index (κ3) is 2.85. The molecule has 0 aromatic heterocycles. The number of hydrogen-bond donors (Lipinski definition) is 1. The van der Waals surface area contributed by atoms with Gasteiger partial charge in [0.05, 0.1) is 36.4 Å². The van der Waals surface area contributed by atoms with Gasteiger partial charge in [-0.3, -0.25) is 4.79 Å². The molecule has 0 saturated carbocycles. The van der Waals surface area contributed by atoms with Crippen LogP contribution in [-0.2, 0) is 0 Å². The second-order valence-corrected chi connectivity index (χ2v) is 5.89. The maximum absolute atomic E-state index is 12.4. The van der Waals surface area contributed by atoms with Crippen molar-refractivity contribution in [3.63, 3.8) is 0 Å². The number of anilines is 1. The predicted octanol–water partition coefficient (Wildman–Crippen LogP) is 5.77. The van der Waals surface area contributed by atoms with Crippen LogP contribution in [0.1, 0.15) is 15.9 Å². The Balaban J connectivity index is 2.59. The van der Waals surface area contributed by atoms with Crippen LogP contribution >= 0.6 is 58.0 Å². The van der Waals surface area contributed by atoms with E-state index in [1.807, 2.05) is 0 Å². The number of carbonyl (C=O) groups is 1. The van der Waals surface area contributed by atoms with Gasteiger partial charge in [-0.25, -0.2) is 0 Å². The van der Waals surface area contributed by atoms with Crippen molar-refractivity contribution in [1.82, 2.24) is 0 Å². The SMILES string of the molecule is Nc1cc(C(=O)c2c(Cl)cc(Cl)c(Cl)c2Cl)ccc1Cl. The molecule has 7 heteroatoms. The lowest BCUT2D eigenvalue weighted by molar-refractivity contribution is 0.103. The quantitative estimate of drug-likeness (QED) is 0.316. The largest absolute Gasteiger partial charge is 0.398 e. The maximum Gasteiger partial charge on any atom is 0.196 e. The smallest absolute Gasteiger partial charge is 0.196 e. The fourth-order valence-electron chi connectivity index (χ4n) is 1.60. The number of hydrogen-bond acceptors (Lipinski definition) is 2. The number of halogens is 5. The van der Waals surface area contributed by atoms with E-state index >= 15 is 0 Å². The summed E-state index contributed by atoms with van der Waals surface area (Å²) < 4.78 is 0. The fourth-order valence-corrected chi connectivity index (χ4v) is 2.81. The van der Waals surface area contributed by atoms with Crippen molar-refractivity contribution in [2.24, 2.45) is 0 Å². The maximum atomic E-state index is 12.4. The molecule has 0 aliphatic heterocycles. The van der Waals surface area contributed by atoms with E-state index in [4.69, 9.17) is 63.7 Å². The van der Waals surface area contributed by atoms with E-state index < -0.39 is 5.78 Å². The molecule has 2 aromatic carbocycles. The molecular formula is C13H6Cl5NO. The fraction of sp³-hybridized carbons (Fsp3) is 0. The summed E-state index contributed by atoms with van der Waals surface area (Å²) in [6.45, 7) is 0. The molecule has 0 bridgehead atoms. The van der Waals surface area contributed by atoms with Crippen LogP contribution in [0, 0.1) is 0 Å². The monoisotopic (exact) mass is 367 g/mol. The summed E-state index contributed by atoms with van der Waals surface area (Å²) >= 11 is 29.6. The van der Waals surface area contributed by atoms with E-state index in [1.54, 1.807) is 0 Å². The number of ketones is 1. The predicted molar refractivity (Wildman–Crippen MR) is 85.8 cm³/mol. The average molecular weight is 369 g/mol. The highest BCUT2D eigenvalue weighted by Gasteiger charge is 2.21. The summed E-state index contributed by atoms with van der Waals surface area (Å²) in [6, 6.07) is 5.85. The molecule has 0 aliphatic rings. The summed E-state index contributed by atoms with van der Waals surface area (Å²) in [5.74, 6) is -0.415. The van der Waals surface area contributed by atoms with Gasteiger partial charge in [0, 0.05) is 5.56 Å². The number of nitrogen functional groups attached to an aromatic ring is 1. The zero-order valence-corrected chi connectivity index (χ0v) is 13.5. The second kappa shape index (κ2) is 6.00. The first-order valence-corrected chi connectivity index (χ1v) is 7.14. The third-order valence-corrected chi connectivity index (χ3v) is 4.50. The average Bonchev–Trinajstić information content (AvgIpc) is 2.39. The molecule has 0 fully saturated rings. The normalized spacial score (nSPS) is 10.7. The number of nitrogens with two attached hydrogens (primary N) is 1. The van der Waals surface area contributed by atoms with Gasteiger partial charge >= 0.3 is 0 Å². The van der Waals surface area contributed by atoms with E-state index in [1.165, 1.54) is 24.3 Å². The molecule has 2 aromatic rings. The molecule has 20 heavy (non-hydrogen) atoms. The summed E-state index contributed by atoms with van der Waals surface area (Å²) in [5, 5.41) is 0.718. The van der Waals surface area contributed by atoms with Gasteiger partial charge in [-0.15, -0.1) is 0 Å². The lowest BCUT2D eigenvalue weighted by Crippen LogP contribution is -2.05. The Morgan fingerprint density at radius 3 is 2.10 bits per heavy atom. The minimum Gasteiger partial charge on any atom is -0.398 e. The van der Waals surface area contributed by atoms with Crippen molar-refractivity contribution in [2.45, 2.75) is 0 Å². The van der Waals surface area contributed by atoms with Gasteiger partial charge in [-0.05, 0) is 24.3 Å². The molecule has 104 valence electrons. The lowest BCUT2D eigenvalue weighted by Gasteiger charge is -2.10. The first kappa shape index (κ1) is 15.7. The first-order valence-electron chi connectivity index (χ1n) is 5.25. The zero-order chi connectivity index (χ0) is 15.0. The molecule has 2 nitrogen and oxygen atoms in total. The van der Waals surface area contributed by atoms with Crippen LogP contribution in [-0.4, -0.2) is 5.78 Å². The van der Waals surface area contributed by atoms with Crippen molar-refractivity contribution in [3.8, 4) is 0 Å². The Hall–Kier alpha value is -0.640. The van der Waals surface area contributed by atoms with Gasteiger partial charge in [0.25, 0.3) is 0 Å². The first-order chi connectivity index (χ1) is 9.32. The topological polar surface area (TPSA) is 43.1 Å². The highest BCUT2D eigenvalue weighted by molar-refractivity contribution is 6.51. The summed E-state index contributed by atoms with van der Waals surface area (Å²) in [6.07, 6.45) is 0. The van der Waals surface area contributed by atoms with Gasteiger partial charge < -0.3 is 5.73 Å². The molecule has 0 radical (unpaired) electrons. The molecule has 2 N–H and O–H groups in total. The molecular weight excluding hydrogens is 363 g/mol. The molecule has 2 rings (SSSR count).